The Morgan fingerprint density at radius 2 is 0.708 bits per heavy atom. The van der Waals surface area contributed by atoms with Gasteiger partial charge >= 0.3 is 0 Å². The van der Waals surface area contributed by atoms with Gasteiger partial charge in [-0.05, 0) is 19.3 Å². The zero-order valence-electron chi connectivity index (χ0n) is 17.0. The maximum absolute atomic E-state index is 2.34. The van der Waals surface area contributed by atoms with Crippen LogP contribution in [0.15, 0.2) is 24.3 Å². The van der Waals surface area contributed by atoms with Crippen molar-refractivity contribution in [2.24, 2.45) is 0 Å². The molecule has 0 bridgehead atoms. The Morgan fingerprint density at radius 3 is 1.12 bits per heavy atom. The van der Waals surface area contributed by atoms with Gasteiger partial charge in [-0.25, -0.2) is 0 Å². The third-order valence-electron chi connectivity index (χ3n) is 4.83. The van der Waals surface area contributed by atoms with E-state index in [-0.39, 0.29) is 0 Å². The standard InChI is InChI=1S/C24H46/c1-3-5-7-9-11-13-15-17-19-21-23-24-22-20-18-16-14-12-10-8-6-4-2/h9,11,13,15H,3-8,10,12,14,16-24H2,1-2H3. The van der Waals surface area contributed by atoms with Crippen molar-refractivity contribution in [3.63, 3.8) is 0 Å². The Labute approximate surface area is 154 Å². The van der Waals surface area contributed by atoms with Crippen LogP contribution in [-0.4, -0.2) is 0 Å². The predicted molar refractivity (Wildman–Crippen MR) is 113 cm³/mol. The number of hydrogen-bond acceptors (Lipinski definition) is 0. The van der Waals surface area contributed by atoms with Crippen LogP contribution < -0.4 is 0 Å². The highest BCUT2D eigenvalue weighted by molar-refractivity contribution is 5.02. The van der Waals surface area contributed by atoms with Gasteiger partial charge in [0, 0.05) is 0 Å². The molecule has 0 aliphatic carbocycles. The van der Waals surface area contributed by atoms with Gasteiger partial charge in [-0.15, -0.1) is 0 Å². The first-order valence-electron chi connectivity index (χ1n) is 11.2. The summed E-state index contributed by atoms with van der Waals surface area (Å²) in [7, 11) is 0. The maximum atomic E-state index is 2.34. The first-order chi connectivity index (χ1) is 11.9. The maximum Gasteiger partial charge on any atom is -0.0348 e. The summed E-state index contributed by atoms with van der Waals surface area (Å²) in [5.74, 6) is 0. The predicted octanol–water partition coefficient (Wildman–Crippen LogP) is 9.16. The third-order valence-corrected chi connectivity index (χ3v) is 4.83. The molecule has 0 aromatic carbocycles. The quantitative estimate of drug-likeness (QED) is 0.163. The molecule has 0 aromatic heterocycles. The second kappa shape index (κ2) is 22.5. The zero-order valence-corrected chi connectivity index (χ0v) is 17.0. The molecule has 0 spiro atoms. The molecule has 0 aliphatic heterocycles. The Balaban J connectivity index is 3.07. The summed E-state index contributed by atoms with van der Waals surface area (Å²) in [4.78, 5) is 0. The molecule has 0 N–H and O–H groups in total. The van der Waals surface area contributed by atoms with Gasteiger partial charge in [-0.1, -0.05) is 134 Å². The molecule has 0 heterocycles. The van der Waals surface area contributed by atoms with Gasteiger partial charge in [0.1, 0.15) is 0 Å². The fourth-order valence-corrected chi connectivity index (χ4v) is 3.13. The summed E-state index contributed by atoms with van der Waals surface area (Å²) >= 11 is 0. The van der Waals surface area contributed by atoms with Crippen LogP contribution in [0.25, 0.3) is 0 Å². The van der Waals surface area contributed by atoms with Crippen LogP contribution in [-0.2, 0) is 0 Å². The highest BCUT2D eigenvalue weighted by atomic mass is 14.0. The van der Waals surface area contributed by atoms with E-state index in [1.54, 1.807) is 0 Å². The minimum Gasteiger partial charge on any atom is -0.0845 e. The molecule has 0 amide bonds. The van der Waals surface area contributed by atoms with Crippen molar-refractivity contribution in [2.45, 2.75) is 129 Å². The van der Waals surface area contributed by atoms with E-state index in [0.717, 1.165) is 0 Å². The van der Waals surface area contributed by atoms with E-state index in [1.807, 2.05) is 0 Å². The molecule has 0 unspecified atom stereocenters. The van der Waals surface area contributed by atoms with E-state index in [9.17, 15) is 0 Å². The molecule has 0 aromatic rings. The Kier molecular flexibility index (Phi) is 22.0. The molecule has 0 radical (unpaired) electrons. The van der Waals surface area contributed by atoms with Crippen molar-refractivity contribution in [1.29, 1.82) is 0 Å². The van der Waals surface area contributed by atoms with Crippen molar-refractivity contribution in [2.75, 3.05) is 0 Å². The lowest BCUT2D eigenvalue weighted by Crippen LogP contribution is -1.83. The Hall–Kier alpha value is -0.520. The molecule has 0 heteroatoms. The molecule has 0 nitrogen and oxygen atoms in total. The lowest BCUT2D eigenvalue weighted by Gasteiger charge is -2.02. The van der Waals surface area contributed by atoms with E-state index in [4.69, 9.17) is 0 Å². The minimum absolute atomic E-state index is 1.24. The highest BCUT2D eigenvalue weighted by Crippen LogP contribution is 2.13. The second-order valence-electron chi connectivity index (χ2n) is 7.38. The van der Waals surface area contributed by atoms with E-state index >= 15 is 0 Å². The molecular formula is C24H46. The first-order valence-corrected chi connectivity index (χ1v) is 11.2. The third kappa shape index (κ3) is 21.5. The largest absolute Gasteiger partial charge is 0.0845 e. The molecule has 0 saturated carbocycles. The molecule has 142 valence electrons. The van der Waals surface area contributed by atoms with Crippen LogP contribution in [0.1, 0.15) is 129 Å². The van der Waals surface area contributed by atoms with Gasteiger partial charge in [-0.3, -0.25) is 0 Å². The molecule has 0 rings (SSSR count). The lowest BCUT2D eigenvalue weighted by molar-refractivity contribution is 0.536. The number of allylic oxidation sites excluding steroid dienone is 4. The van der Waals surface area contributed by atoms with Crippen LogP contribution in [0.3, 0.4) is 0 Å². The molecule has 0 saturated heterocycles. The topological polar surface area (TPSA) is 0 Å². The van der Waals surface area contributed by atoms with Crippen molar-refractivity contribution in [3.8, 4) is 0 Å². The van der Waals surface area contributed by atoms with Crippen LogP contribution >= 0.6 is 0 Å². The molecule has 0 fully saturated rings. The normalized spacial score (nSPS) is 11.9. The Morgan fingerprint density at radius 1 is 0.375 bits per heavy atom. The van der Waals surface area contributed by atoms with Crippen molar-refractivity contribution in [1.82, 2.24) is 0 Å². The van der Waals surface area contributed by atoms with Gasteiger partial charge in [0.05, 0.1) is 0 Å². The molecule has 0 atom stereocenters. The minimum atomic E-state index is 1.24. The van der Waals surface area contributed by atoms with Crippen molar-refractivity contribution >= 4 is 0 Å². The fourth-order valence-electron chi connectivity index (χ4n) is 3.13. The smallest absolute Gasteiger partial charge is 0.0348 e. The second-order valence-corrected chi connectivity index (χ2v) is 7.38. The van der Waals surface area contributed by atoms with Crippen molar-refractivity contribution < 1.29 is 0 Å². The van der Waals surface area contributed by atoms with E-state index in [2.05, 4.69) is 38.2 Å². The summed E-state index contributed by atoms with van der Waals surface area (Å²) in [6, 6.07) is 0. The molecular weight excluding hydrogens is 288 g/mol. The first kappa shape index (κ1) is 23.5. The fraction of sp³-hybridized carbons (Fsp3) is 0.833. The average Bonchev–Trinajstić information content (AvgIpc) is 2.60. The van der Waals surface area contributed by atoms with Crippen LogP contribution in [0.5, 0.6) is 0 Å². The van der Waals surface area contributed by atoms with E-state index < -0.39 is 0 Å². The summed E-state index contributed by atoms with van der Waals surface area (Å²) in [6.45, 7) is 4.54. The number of rotatable bonds is 19. The Bertz CT molecular complexity index is 261. The number of hydrogen-bond donors (Lipinski definition) is 0. The summed E-state index contributed by atoms with van der Waals surface area (Å²) in [5, 5.41) is 0. The highest BCUT2D eigenvalue weighted by Gasteiger charge is 1.93. The van der Waals surface area contributed by atoms with Crippen LogP contribution in [0.4, 0.5) is 0 Å². The van der Waals surface area contributed by atoms with Gasteiger partial charge in [0.2, 0.25) is 0 Å². The van der Waals surface area contributed by atoms with Gasteiger partial charge < -0.3 is 0 Å². The van der Waals surface area contributed by atoms with Crippen LogP contribution in [0, 0.1) is 0 Å². The van der Waals surface area contributed by atoms with E-state index in [0.29, 0.717) is 0 Å². The molecule has 24 heavy (non-hydrogen) atoms. The van der Waals surface area contributed by atoms with Gasteiger partial charge in [-0.2, -0.15) is 0 Å². The van der Waals surface area contributed by atoms with Gasteiger partial charge in [0.25, 0.3) is 0 Å². The van der Waals surface area contributed by atoms with E-state index in [1.165, 1.54) is 116 Å². The lowest BCUT2D eigenvalue weighted by atomic mass is 10.0. The van der Waals surface area contributed by atoms with Crippen LogP contribution in [0.2, 0.25) is 0 Å². The monoisotopic (exact) mass is 334 g/mol. The van der Waals surface area contributed by atoms with Crippen molar-refractivity contribution in [3.05, 3.63) is 24.3 Å². The summed E-state index contributed by atoms with van der Waals surface area (Å²) in [5.41, 5.74) is 0. The summed E-state index contributed by atoms with van der Waals surface area (Å²) in [6.07, 6.45) is 34.5. The zero-order chi connectivity index (χ0) is 17.6. The molecule has 0 aliphatic rings. The number of unbranched alkanes of at least 4 members (excludes halogenated alkanes) is 16. The average molecular weight is 335 g/mol. The SMILES string of the molecule is CCCCC=CC=CCCCCCCCCCCCCCCCC. The summed E-state index contributed by atoms with van der Waals surface area (Å²) < 4.78 is 0. The van der Waals surface area contributed by atoms with Gasteiger partial charge in [0.15, 0.2) is 0 Å².